The Hall–Kier alpha value is -1.28. The molecule has 1 aliphatic rings. The highest BCUT2D eigenvalue weighted by Crippen LogP contribution is 2.43. The lowest BCUT2D eigenvalue weighted by Gasteiger charge is -2.28. The molecule has 1 aromatic carbocycles. The average molecular weight is 298 g/mol. The second-order valence-electron chi connectivity index (χ2n) is 4.48. The zero-order valence-electron chi connectivity index (χ0n) is 10.2. The second-order valence-corrected chi connectivity index (χ2v) is 4.48. The smallest absolute Gasteiger partial charge is 0.314 e. The Morgan fingerprint density at radius 1 is 0.950 bits per heavy atom. The predicted molar refractivity (Wildman–Crippen MR) is 60.1 cm³/mol. The molecule has 0 aromatic heterocycles. The molecular weight excluding hydrogens is 286 g/mol. The van der Waals surface area contributed by atoms with Crippen LogP contribution in [0.25, 0.3) is 0 Å². The van der Waals surface area contributed by atoms with Crippen LogP contribution in [0.4, 0.5) is 26.3 Å². The van der Waals surface area contributed by atoms with Gasteiger partial charge in [-0.05, 0) is 11.6 Å². The number of piperazine rings is 1. The molecule has 2 nitrogen and oxygen atoms in total. The summed E-state index contributed by atoms with van der Waals surface area (Å²) < 4.78 is 77.5. The fraction of sp³-hybridized carbons (Fsp3) is 0.500. The minimum absolute atomic E-state index is 0.157. The summed E-state index contributed by atoms with van der Waals surface area (Å²) in [6.45, 7) is 1.12. The second kappa shape index (κ2) is 5.25. The van der Waals surface area contributed by atoms with E-state index in [2.05, 4.69) is 10.6 Å². The molecule has 20 heavy (non-hydrogen) atoms. The van der Waals surface area contributed by atoms with E-state index in [9.17, 15) is 26.3 Å². The summed E-state index contributed by atoms with van der Waals surface area (Å²) >= 11 is 0. The first-order valence-corrected chi connectivity index (χ1v) is 5.92. The van der Waals surface area contributed by atoms with Crippen molar-refractivity contribution in [2.24, 2.45) is 0 Å². The highest BCUT2D eigenvalue weighted by Gasteiger charge is 2.45. The monoisotopic (exact) mass is 298 g/mol. The third kappa shape index (κ3) is 3.06. The van der Waals surface area contributed by atoms with Gasteiger partial charge in [-0.3, -0.25) is 0 Å². The van der Waals surface area contributed by atoms with Gasteiger partial charge in [0.25, 0.3) is 0 Å². The van der Waals surface area contributed by atoms with E-state index in [0.29, 0.717) is 19.2 Å². The number of benzene rings is 1. The van der Waals surface area contributed by atoms with E-state index < -0.39 is 29.5 Å². The lowest BCUT2D eigenvalue weighted by Crippen LogP contribution is -2.43. The highest BCUT2D eigenvalue weighted by molar-refractivity contribution is 5.41. The summed E-state index contributed by atoms with van der Waals surface area (Å²) in [6, 6.07) is 1.76. The summed E-state index contributed by atoms with van der Waals surface area (Å²) in [5.74, 6) is 0. The van der Waals surface area contributed by atoms with Crippen LogP contribution in [0.15, 0.2) is 18.2 Å². The summed E-state index contributed by atoms with van der Waals surface area (Å²) in [7, 11) is 0. The van der Waals surface area contributed by atoms with Gasteiger partial charge in [-0.15, -0.1) is 0 Å². The molecule has 1 saturated heterocycles. The van der Waals surface area contributed by atoms with E-state index in [1.165, 1.54) is 0 Å². The number of alkyl halides is 6. The summed E-state index contributed by atoms with van der Waals surface area (Å²) in [4.78, 5) is 0. The number of rotatable bonds is 1. The van der Waals surface area contributed by atoms with E-state index >= 15 is 0 Å². The van der Waals surface area contributed by atoms with Crippen molar-refractivity contribution in [1.29, 1.82) is 0 Å². The lowest BCUT2D eigenvalue weighted by atomic mass is 9.94. The van der Waals surface area contributed by atoms with E-state index in [4.69, 9.17) is 0 Å². The molecule has 1 heterocycles. The van der Waals surface area contributed by atoms with Crippen molar-refractivity contribution >= 4 is 0 Å². The number of halogens is 6. The van der Waals surface area contributed by atoms with E-state index in [1.807, 2.05) is 0 Å². The van der Waals surface area contributed by atoms with Crippen molar-refractivity contribution in [3.8, 4) is 0 Å². The quantitative estimate of drug-likeness (QED) is 0.779. The van der Waals surface area contributed by atoms with Crippen molar-refractivity contribution in [2.75, 3.05) is 19.6 Å². The molecule has 1 atom stereocenters. The molecule has 1 aromatic rings. The van der Waals surface area contributed by atoms with E-state index in [-0.39, 0.29) is 12.1 Å². The Morgan fingerprint density at radius 3 is 2.15 bits per heavy atom. The van der Waals surface area contributed by atoms with Crippen LogP contribution in [-0.2, 0) is 12.4 Å². The first kappa shape index (κ1) is 15.1. The van der Waals surface area contributed by atoms with Crippen molar-refractivity contribution in [3.63, 3.8) is 0 Å². The van der Waals surface area contributed by atoms with Crippen LogP contribution in [0.5, 0.6) is 0 Å². The first-order chi connectivity index (χ1) is 9.21. The maximum Gasteiger partial charge on any atom is 0.417 e. The molecule has 0 bridgehead atoms. The molecule has 2 rings (SSSR count). The van der Waals surface area contributed by atoms with Crippen LogP contribution >= 0.6 is 0 Å². The zero-order chi connectivity index (χ0) is 15.0. The van der Waals surface area contributed by atoms with Gasteiger partial charge in [0.2, 0.25) is 0 Å². The maximum absolute atomic E-state index is 13.0. The van der Waals surface area contributed by atoms with E-state index in [1.54, 1.807) is 0 Å². The minimum Gasteiger partial charge on any atom is -0.314 e. The van der Waals surface area contributed by atoms with Crippen LogP contribution in [0, 0.1) is 0 Å². The zero-order valence-corrected chi connectivity index (χ0v) is 10.2. The van der Waals surface area contributed by atoms with Crippen LogP contribution in [0.1, 0.15) is 22.7 Å². The SMILES string of the molecule is FC(F)(F)c1cccc(C2CNCCN2)c1C(F)(F)F. The van der Waals surface area contributed by atoms with Gasteiger partial charge in [-0.2, -0.15) is 26.3 Å². The highest BCUT2D eigenvalue weighted by atomic mass is 19.4. The molecule has 0 saturated carbocycles. The number of hydrogen-bond donors (Lipinski definition) is 2. The topological polar surface area (TPSA) is 24.1 Å². The van der Waals surface area contributed by atoms with Crippen molar-refractivity contribution in [2.45, 2.75) is 18.4 Å². The molecule has 8 heteroatoms. The molecule has 0 radical (unpaired) electrons. The van der Waals surface area contributed by atoms with Crippen molar-refractivity contribution in [1.82, 2.24) is 10.6 Å². The summed E-state index contributed by atoms with van der Waals surface area (Å²) in [5.41, 5.74) is -3.62. The van der Waals surface area contributed by atoms with Gasteiger partial charge < -0.3 is 10.6 Å². The van der Waals surface area contributed by atoms with Crippen LogP contribution in [-0.4, -0.2) is 19.6 Å². The van der Waals surface area contributed by atoms with Crippen LogP contribution in [0.3, 0.4) is 0 Å². The largest absolute Gasteiger partial charge is 0.417 e. The molecule has 0 amide bonds. The molecule has 0 aliphatic carbocycles. The molecule has 2 N–H and O–H groups in total. The number of nitrogens with one attached hydrogen (secondary N) is 2. The third-order valence-electron chi connectivity index (χ3n) is 3.10. The minimum atomic E-state index is -5.05. The average Bonchev–Trinajstić information content (AvgIpc) is 2.37. The predicted octanol–water partition coefficient (Wildman–Crippen LogP) is 2.96. The van der Waals surface area contributed by atoms with Crippen molar-refractivity contribution in [3.05, 3.63) is 34.9 Å². The molecule has 1 aliphatic heterocycles. The molecule has 1 unspecified atom stereocenters. The summed E-state index contributed by atoms with van der Waals surface area (Å²) in [5, 5.41) is 5.66. The molecular formula is C12H12F6N2. The Labute approximate surface area is 111 Å². The molecule has 0 spiro atoms. The van der Waals surface area contributed by atoms with Gasteiger partial charge in [-0.1, -0.05) is 12.1 Å². The van der Waals surface area contributed by atoms with Crippen molar-refractivity contribution < 1.29 is 26.3 Å². The Bertz CT molecular complexity index is 474. The Balaban J connectivity index is 2.56. The van der Waals surface area contributed by atoms with Gasteiger partial charge in [0.05, 0.1) is 11.1 Å². The fourth-order valence-electron chi connectivity index (χ4n) is 2.29. The fourth-order valence-corrected chi connectivity index (χ4v) is 2.29. The van der Waals surface area contributed by atoms with Gasteiger partial charge in [-0.25, -0.2) is 0 Å². The Kier molecular flexibility index (Phi) is 3.97. The third-order valence-corrected chi connectivity index (χ3v) is 3.10. The molecule has 1 fully saturated rings. The maximum atomic E-state index is 13.0. The van der Waals surface area contributed by atoms with E-state index in [0.717, 1.165) is 12.1 Å². The van der Waals surface area contributed by atoms with Crippen LogP contribution in [0.2, 0.25) is 0 Å². The van der Waals surface area contributed by atoms with Gasteiger partial charge in [0.15, 0.2) is 0 Å². The molecule has 112 valence electrons. The van der Waals surface area contributed by atoms with Gasteiger partial charge in [0, 0.05) is 25.7 Å². The normalized spacial score (nSPS) is 21.0. The number of hydrogen-bond acceptors (Lipinski definition) is 2. The van der Waals surface area contributed by atoms with Crippen LogP contribution < -0.4 is 10.6 Å². The Morgan fingerprint density at radius 2 is 1.65 bits per heavy atom. The summed E-state index contributed by atoms with van der Waals surface area (Å²) in [6.07, 6.45) is -10.1. The first-order valence-electron chi connectivity index (χ1n) is 5.92. The van der Waals surface area contributed by atoms with Gasteiger partial charge in [0.1, 0.15) is 0 Å². The lowest BCUT2D eigenvalue weighted by molar-refractivity contribution is -0.162. The van der Waals surface area contributed by atoms with Gasteiger partial charge >= 0.3 is 12.4 Å². The standard InChI is InChI=1S/C12H12F6N2/c13-11(14,15)8-3-1-2-7(10(8)12(16,17)18)9-6-19-4-5-20-9/h1-3,9,19-20H,4-6H2.